The zero-order valence-electron chi connectivity index (χ0n) is 10.6. The van der Waals surface area contributed by atoms with Gasteiger partial charge in [0.1, 0.15) is 0 Å². The molecule has 0 radical (unpaired) electrons. The van der Waals surface area contributed by atoms with E-state index in [0.717, 1.165) is 24.8 Å². The van der Waals surface area contributed by atoms with Crippen LogP contribution in [0.1, 0.15) is 38.0 Å². The van der Waals surface area contributed by atoms with Crippen LogP contribution in [-0.2, 0) is 6.54 Å². The average molecular weight is 241 g/mol. The van der Waals surface area contributed by atoms with Crippen LogP contribution in [-0.4, -0.2) is 25.1 Å². The first-order chi connectivity index (χ1) is 7.77. The zero-order chi connectivity index (χ0) is 11.8. The van der Waals surface area contributed by atoms with Gasteiger partial charge in [0.15, 0.2) is 5.13 Å². The Labute approximate surface area is 103 Å². The first-order valence-electron chi connectivity index (χ1n) is 6.14. The summed E-state index contributed by atoms with van der Waals surface area (Å²) in [7, 11) is 2.12. The molecule has 1 N–H and O–H groups in total. The molecule has 1 aromatic heterocycles. The van der Waals surface area contributed by atoms with Crippen LogP contribution < -0.4 is 10.2 Å². The maximum Gasteiger partial charge on any atom is 0.185 e. The molecule has 1 rings (SSSR count). The Balaban J connectivity index is 2.37. The molecule has 0 spiro atoms. The van der Waals surface area contributed by atoms with Crippen LogP contribution in [0.25, 0.3) is 0 Å². The van der Waals surface area contributed by atoms with Gasteiger partial charge in [-0.2, -0.15) is 0 Å². The number of nitrogens with zero attached hydrogens (tertiary/aromatic N) is 2. The number of hydrogen-bond donors (Lipinski definition) is 1. The molecule has 16 heavy (non-hydrogen) atoms. The predicted molar refractivity (Wildman–Crippen MR) is 72.3 cm³/mol. The third kappa shape index (κ3) is 4.49. The summed E-state index contributed by atoms with van der Waals surface area (Å²) < 4.78 is 0. The molecule has 0 atom stereocenters. The quantitative estimate of drug-likeness (QED) is 0.709. The Morgan fingerprint density at radius 1 is 1.38 bits per heavy atom. The van der Waals surface area contributed by atoms with Crippen molar-refractivity contribution in [3.63, 3.8) is 0 Å². The molecule has 0 aliphatic carbocycles. The van der Waals surface area contributed by atoms with Gasteiger partial charge in [-0.1, -0.05) is 20.3 Å². The van der Waals surface area contributed by atoms with Gasteiger partial charge < -0.3 is 10.2 Å². The van der Waals surface area contributed by atoms with Crippen molar-refractivity contribution in [2.24, 2.45) is 0 Å². The molecule has 1 aromatic rings. The lowest BCUT2D eigenvalue weighted by molar-refractivity contribution is 0.681. The van der Waals surface area contributed by atoms with Gasteiger partial charge in [-0.25, -0.2) is 4.98 Å². The van der Waals surface area contributed by atoms with Gasteiger partial charge in [-0.3, -0.25) is 0 Å². The lowest BCUT2D eigenvalue weighted by Gasteiger charge is -2.14. The fourth-order valence-electron chi connectivity index (χ4n) is 1.43. The van der Waals surface area contributed by atoms with Gasteiger partial charge in [0, 0.05) is 31.2 Å². The maximum atomic E-state index is 4.45. The van der Waals surface area contributed by atoms with Crippen molar-refractivity contribution in [3.8, 4) is 0 Å². The molecule has 0 unspecified atom stereocenters. The minimum atomic E-state index is 0.952. The fourth-order valence-corrected chi connectivity index (χ4v) is 2.30. The van der Waals surface area contributed by atoms with Gasteiger partial charge in [-0.05, 0) is 19.4 Å². The van der Waals surface area contributed by atoms with Crippen LogP contribution >= 0.6 is 11.3 Å². The van der Waals surface area contributed by atoms with Crippen LogP contribution in [0, 0.1) is 0 Å². The van der Waals surface area contributed by atoms with Crippen LogP contribution in [0.4, 0.5) is 5.13 Å². The lowest BCUT2D eigenvalue weighted by Crippen LogP contribution is -2.17. The Hall–Kier alpha value is -0.610. The molecule has 0 saturated heterocycles. The second-order valence-corrected chi connectivity index (χ2v) is 5.15. The molecular weight excluding hydrogens is 218 g/mol. The first kappa shape index (κ1) is 13.5. The van der Waals surface area contributed by atoms with E-state index in [0.29, 0.717) is 0 Å². The molecule has 0 amide bonds. The predicted octanol–water partition coefficient (Wildman–Crippen LogP) is 2.88. The molecule has 0 aliphatic rings. The minimum absolute atomic E-state index is 0.952. The zero-order valence-corrected chi connectivity index (χ0v) is 11.4. The number of thiazole rings is 1. The topological polar surface area (TPSA) is 28.2 Å². The minimum Gasteiger partial charge on any atom is -0.351 e. The van der Waals surface area contributed by atoms with E-state index < -0.39 is 0 Å². The molecule has 4 heteroatoms. The number of rotatable bonds is 8. The maximum absolute atomic E-state index is 4.45. The largest absolute Gasteiger partial charge is 0.351 e. The summed E-state index contributed by atoms with van der Waals surface area (Å²) in [6.07, 6.45) is 5.65. The van der Waals surface area contributed by atoms with E-state index in [1.54, 1.807) is 11.3 Å². The van der Waals surface area contributed by atoms with Crippen molar-refractivity contribution in [2.45, 2.75) is 39.7 Å². The Bertz CT molecular complexity index is 286. The van der Waals surface area contributed by atoms with Crippen LogP contribution in [0.5, 0.6) is 0 Å². The van der Waals surface area contributed by atoms with E-state index in [1.807, 2.05) is 6.20 Å². The summed E-state index contributed by atoms with van der Waals surface area (Å²) in [4.78, 5) is 8.03. The van der Waals surface area contributed by atoms with E-state index in [2.05, 4.69) is 36.1 Å². The first-order valence-corrected chi connectivity index (χ1v) is 6.96. The van der Waals surface area contributed by atoms with Gasteiger partial charge in [0.2, 0.25) is 0 Å². The highest BCUT2D eigenvalue weighted by atomic mass is 32.1. The second-order valence-electron chi connectivity index (χ2n) is 4.06. The smallest absolute Gasteiger partial charge is 0.185 e. The van der Waals surface area contributed by atoms with Crippen molar-refractivity contribution in [3.05, 3.63) is 11.1 Å². The van der Waals surface area contributed by atoms with E-state index in [9.17, 15) is 0 Å². The number of aromatic nitrogens is 1. The monoisotopic (exact) mass is 241 g/mol. The molecular formula is C12H23N3S. The van der Waals surface area contributed by atoms with Gasteiger partial charge in [0.25, 0.3) is 0 Å². The molecule has 0 aliphatic heterocycles. The van der Waals surface area contributed by atoms with Crippen molar-refractivity contribution in [2.75, 3.05) is 25.0 Å². The van der Waals surface area contributed by atoms with Gasteiger partial charge in [-0.15, -0.1) is 11.3 Å². The molecule has 3 nitrogen and oxygen atoms in total. The number of unbranched alkanes of at least 4 members (excludes halogenated alkanes) is 1. The normalized spacial score (nSPS) is 10.7. The van der Waals surface area contributed by atoms with Crippen LogP contribution in [0.15, 0.2) is 6.20 Å². The summed E-state index contributed by atoms with van der Waals surface area (Å²) >= 11 is 1.79. The Morgan fingerprint density at radius 3 is 2.88 bits per heavy atom. The highest BCUT2D eigenvalue weighted by Crippen LogP contribution is 2.21. The standard InChI is InChI=1S/C12H23N3S/c1-4-6-8-15(3)12-14-10-11(16-12)9-13-7-5-2/h10,13H,4-9H2,1-3H3. The summed E-state index contributed by atoms with van der Waals surface area (Å²) in [6, 6.07) is 0. The average Bonchev–Trinajstić information content (AvgIpc) is 2.75. The molecule has 0 fully saturated rings. The summed E-state index contributed by atoms with van der Waals surface area (Å²) in [5.74, 6) is 0. The summed E-state index contributed by atoms with van der Waals surface area (Å²) in [5, 5.41) is 4.54. The van der Waals surface area contributed by atoms with Gasteiger partial charge in [0.05, 0.1) is 0 Å². The van der Waals surface area contributed by atoms with Crippen molar-refractivity contribution in [1.82, 2.24) is 10.3 Å². The Morgan fingerprint density at radius 2 is 2.19 bits per heavy atom. The third-order valence-corrected chi connectivity index (χ3v) is 3.55. The molecule has 1 heterocycles. The van der Waals surface area contributed by atoms with E-state index in [1.165, 1.54) is 24.1 Å². The Kier molecular flexibility index (Phi) is 6.42. The van der Waals surface area contributed by atoms with Crippen molar-refractivity contribution >= 4 is 16.5 Å². The van der Waals surface area contributed by atoms with Gasteiger partial charge >= 0.3 is 0 Å². The molecule has 0 bridgehead atoms. The van der Waals surface area contributed by atoms with E-state index >= 15 is 0 Å². The molecule has 0 saturated carbocycles. The number of anilines is 1. The molecule has 0 aromatic carbocycles. The number of nitrogens with one attached hydrogen (secondary N) is 1. The highest BCUT2D eigenvalue weighted by molar-refractivity contribution is 7.15. The van der Waals surface area contributed by atoms with Crippen molar-refractivity contribution in [1.29, 1.82) is 0 Å². The van der Waals surface area contributed by atoms with E-state index in [4.69, 9.17) is 0 Å². The SMILES string of the molecule is CCCCN(C)c1ncc(CNCCC)s1. The summed E-state index contributed by atoms with van der Waals surface area (Å²) in [5.41, 5.74) is 0. The lowest BCUT2D eigenvalue weighted by atomic mass is 10.3. The van der Waals surface area contributed by atoms with E-state index in [-0.39, 0.29) is 0 Å². The van der Waals surface area contributed by atoms with Crippen LogP contribution in [0.2, 0.25) is 0 Å². The van der Waals surface area contributed by atoms with Crippen molar-refractivity contribution < 1.29 is 0 Å². The number of hydrogen-bond acceptors (Lipinski definition) is 4. The van der Waals surface area contributed by atoms with Crippen LogP contribution in [0.3, 0.4) is 0 Å². The fraction of sp³-hybridized carbons (Fsp3) is 0.750. The third-order valence-electron chi connectivity index (χ3n) is 2.44. The highest BCUT2D eigenvalue weighted by Gasteiger charge is 2.05. The second kappa shape index (κ2) is 7.63. The summed E-state index contributed by atoms with van der Waals surface area (Å²) in [6.45, 7) is 7.54. The molecule has 92 valence electrons.